The summed E-state index contributed by atoms with van der Waals surface area (Å²) in [5.74, 6) is -0.00876. The van der Waals surface area contributed by atoms with E-state index < -0.39 is 17.1 Å². The minimum absolute atomic E-state index is 0.0462. The summed E-state index contributed by atoms with van der Waals surface area (Å²) in [6.45, 7) is 7.80. The van der Waals surface area contributed by atoms with Gasteiger partial charge < -0.3 is 29.3 Å². The number of aliphatic hydroxyl groups excluding tert-OH is 1. The molecule has 0 bridgehead atoms. The lowest BCUT2D eigenvalue weighted by Gasteiger charge is -2.39. The van der Waals surface area contributed by atoms with E-state index in [1.165, 1.54) is 0 Å². The number of nitrogens with zero attached hydrogens (tertiary/aromatic N) is 3. The lowest BCUT2D eigenvalue weighted by molar-refractivity contribution is -0.150. The highest BCUT2D eigenvalue weighted by molar-refractivity contribution is 6.07. The van der Waals surface area contributed by atoms with Crippen molar-refractivity contribution in [3.05, 3.63) is 125 Å². The van der Waals surface area contributed by atoms with E-state index in [4.69, 9.17) is 9.47 Å². The minimum Gasteiger partial charge on any atom is -0.497 e. The van der Waals surface area contributed by atoms with E-state index in [1.54, 1.807) is 12.0 Å². The lowest BCUT2D eigenvalue weighted by atomic mass is 9.63. The first kappa shape index (κ1) is 37.3. The van der Waals surface area contributed by atoms with Crippen LogP contribution in [0, 0.1) is 11.8 Å². The maximum Gasteiger partial charge on any atom is 0.264 e. The molecule has 4 aromatic carbocycles. The van der Waals surface area contributed by atoms with Gasteiger partial charge in [-0.15, -0.1) is 0 Å². The van der Waals surface area contributed by atoms with Crippen LogP contribution in [0.15, 0.2) is 103 Å². The van der Waals surface area contributed by atoms with Crippen molar-refractivity contribution >= 4 is 29.1 Å². The number of carbonyl (C=O) groups excluding carboxylic acids is 3. The second-order valence-corrected chi connectivity index (χ2v) is 15.5. The zero-order chi connectivity index (χ0) is 38.0. The van der Waals surface area contributed by atoms with Gasteiger partial charge in [0.1, 0.15) is 5.75 Å². The number of hydrogen-bond acceptors (Lipinski definition) is 6. The van der Waals surface area contributed by atoms with E-state index in [9.17, 15) is 14.7 Å². The first-order chi connectivity index (χ1) is 26.1. The molecular weight excluding hydrogens is 679 g/mol. The quantitative estimate of drug-likeness (QED) is 0.169. The molecule has 1 spiro atoms. The third kappa shape index (κ3) is 6.80. The molecule has 0 aliphatic carbocycles. The number of carbonyl (C=O) groups is 3. The number of piperidine rings is 1. The van der Waals surface area contributed by atoms with E-state index in [-0.39, 0.29) is 49.1 Å². The minimum atomic E-state index is -1.34. The van der Waals surface area contributed by atoms with Crippen LogP contribution in [0.5, 0.6) is 5.75 Å². The fourth-order valence-corrected chi connectivity index (χ4v) is 9.23. The van der Waals surface area contributed by atoms with Gasteiger partial charge in [-0.3, -0.25) is 14.4 Å². The monoisotopic (exact) mass is 729 g/mol. The number of benzene rings is 4. The van der Waals surface area contributed by atoms with Gasteiger partial charge in [-0.05, 0) is 65.3 Å². The Morgan fingerprint density at radius 1 is 0.944 bits per heavy atom. The molecule has 0 saturated carbocycles. The lowest BCUT2D eigenvalue weighted by Crippen LogP contribution is -2.45. The van der Waals surface area contributed by atoms with Crippen LogP contribution >= 0.6 is 0 Å². The predicted octanol–water partition coefficient (Wildman–Crippen LogP) is 6.99. The molecule has 0 aromatic heterocycles. The SMILES string of the molecule is COc1ccc(C(C)(C)[C@H]2[C@H](CC(=O)N(CCO)Cc3ccccc3)O[C@@]3(C(=O)N(Cc4cccc(N5CCCCC5=O)c4)c4ccccc43)[C@@H]2C)cc1. The van der Waals surface area contributed by atoms with Crippen LogP contribution in [-0.2, 0) is 43.2 Å². The van der Waals surface area contributed by atoms with Gasteiger partial charge in [-0.25, -0.2) is 0 Å². The van der Waals surface area contributed by atoms with Crippen molar-refractivity contribution in [1.29, 1.82) is 0 Å². The number of ether oxygens (including phenoxy) is 2. The average molecular weight is 730 g/mol. The van der Waals surface area contributed by atoms with Crippen molar-refractivity contribution in [3.63, 3.8) is 0 Å². The normalized spacial score (nSPS) is 22.5. The molecule has 7 rings (SSSR count). The van der Waals surface area contributed by atoms with Crippen molar-refractivity contribution in [3.8, 4) is 5.75 Å². The van der Waals surface area contributed by atoms with Crippen LogP contribution in [0.3, 0.4) is 0 Å². The molecule has 54 heavy (non-hydrogen) atoms. The summed E-state index contributed by atoms with van der Waals surface area (Å²) >= 11 is 0. The van der Waals surface area contributed by atoms with Crippen molar-refractivity contribution in [1.82, 2.24) is 4.90 Å². The molecule has 0 radical (unpaired) electrons. The van der Waals surface area contributed by atoms with Gasteiger partial charge in [-0.2, -0.15) is 0 Å². The van der Waals surface area contributed by atoms with Gasteiger partial charge >= 0.3 is 0 Å². The molecular formula is C45H51N3O6. The van der Waals surface area contributed by atoms with Gasteiger partial charge in [0.2, 0.25) is 11.8 Å². The Balaban J connectivity index is 1.25. The number of para-hydroxylation sites is 1. The summed E-state index contributed by atoms with van der Waals surface area (Å²) in [6.07, 6.45) is 1.84. The molecule has 3 aliphatic heterocycles. The highest BCUT2D eigenvalue weighted by Crippen LogP contribution is 2.60. The maximum absolute atomic E-state index is 15.2. The molecule has 282 valence electrons. The molecule has 1 N–H and O–H groups in total. The molecule has 9 nitrogen and oxygen atoms in total. The van der Waals surface area contributed by atoms with Gasteiger partial charge in [0.05, 0.1) is 38.5 Å². The van der Waals surface area contributed by atoms with Gasteiger partial charge in [0.25, 0.3) is 5.91 Å². The summed E-state index contributed by atoms with van der Waals surface area (Å²) in [5.41, 5.74) is 3.50. The Bertz CT molecular complexity index is 1980. The van der Waals surface area contributed by atoms with Crippen molar-refractivity contribution in [2.24, 2.45) is 11.8 Å². The summed E-state index contributed by atoms with van der Waals surface area (Å²) in [7, 11) is 1.64. The molecule has 3 heterocycles. The summed E-state index contributed by atoms with van der Waals surface area (Å²) in [6, 6.07) is 33.5. The first-order valence-electron chi connectivity index (χ1n) is 19.1. The van der Waals surface area contributed by atoms with Crippen molar-refractivity contribution < 1.29 is 29.0 Å². The highest BCUT2D eigenvalue weighted by atomic mass is 16.5. The fraction of sp³-hybridized carbons (Fsp3) is 0.400. The molecule has 2 fully saturated rings. The second kappa shape index (κ2) is 15.4. The number of anilines is 2. The van der Waals surface area contributed by atoms with E-state index in [0.29, 0.717) is 26.1 Å². The molecule has 0 unspecified atom stereocenters. The zero-order valence-corrected chi connectivity index (χ0v) is 31.7. The summed E-state index contributed by atoms with van der Waals surface area (Å²) < 4.78 is 12.7. The Morgan fingerprint density at radius 3 is 2.39 bits per heavy atom. The number of hydrogen-bond donors (Lipinski definition) is 1. The van der Waals surface area contributed by atoms with Crippen LogP contribution in [-0.4, -0.2) is 60.6 Å². The number of rotatable bonds is 12. The molecule has 4 aromatic rings. The van der Waals surface area contributed by atoms with Gasteiger partial charge in [0.15, 0.2) is 5.60 Å². The van der Waals surface area contributed by atoms with Crippen LogP contribution in [0.1, 0.15) is 68.7 Å². The van der Waals surface area contributed by atoms with Gasteiger partial charge in [0, 0.05) is 49.1 Å². The number of amides is 3. The number of aliphatic hydroxyl groups is 1. The Hall–Kier alpha value is -4.99. The maximum atomic E-state index is 15.2. The number of fused-ring (bicyclic) bond motifs is 2. The average Bonchev–Trinajstić information content (AvgIpc) is 3.61. The predicted molar refractivity (Wildman–Crippen MR) is 209 cm³/mol. The largest absolute Gasteiger partial charge is 0.497 e. The molecule has 9 heteroatoms. The van der Waals surface area contributed by atoms with E-state index in [1.807, 2.05) is 101 Å². The van der Waals surface area contributed by atoms with E-state index in [2.05, 4.69) is 32.9 Å². The van der Waals surface area contributed by atoms with Gasteiger partial charge in [-0.1, -0.05) is 93.6 Å². The van der Waals surface area contributed by atoms with Crippen LogP contribution < -0.4 is 14.5 Å². The summed E-state index contributed by atoms with van der Waals surface area (Å²) in [4.78, 5) is 47.7. The Labute approximate surface area is 318 Å². The third-order valence-corrected chi connectivity index (χ3v) is 11.9. The smallest absolute Gasteiger partial charge is 0.264 e. The molecule has 2 saturated heterocycles. The van der Waals surface area contributed by atoms with Crippen molar-refractivity contribution in [2.45, 2.75) is 76.7 Å². The van der Waals surface area contributed by atoms with Crippen molar-refractivity contribution in [2.75, 3.05) is 36.6 Å². The fourth-order valence-electron chi connectivity index (χ4n) is 9.23. The van der Waals surface area contributed by atoms with Crippen LogP contribution in [0.4, 0.5) is 11.4 Å². The Morgan fingerprint density at radius 2 is 1.67 bits per heavy atom. The van der Waals surface area contributed by atoms with Crippen LogP contribution in [0.2, 0.25) is 0 Å². The second-order valence-electron chi connectivity index (χ2n) is 15.5. The molecule has 4 atom stereocenters. The summed E-state index contributed by atoms with van der Waals surface area (Å²) in [5, 5.41) is 10.0. The first-order valence-corrected chi connectivity index (χ1v) is 19.1. The molecule has 3 amide bonds. The topological polar surface area (TPSA) is 99.6 Å². The standard InChI is InChI=1S/C45H51N3O6/c1-31-42(44(2,3)34-20-22-36(53-4)23-21-34)39(28-41(51)46(25-26-49)29-32-13-6-5-7-14-32)54-45(31)37-17-8-9-18-38(37)48(43(45)52)30-33-15-12-16-35(27-33)47-24-11-10-19-40(47)50/h5-9,12-18,20-23,27,31,39,42,49H,10-11,19,24-26,28-30H2,1-4H3/t31-,39+,42-,45+/m1/s1. The third-order valence-electron chi connectivity index (χ3n) is 11.9. The highest BCUT2D eigenvalue weighted by Gasteiger charge is 2.66. The van der Waals surface area contributed by atoms with E-state index in [0.717, 1.165) is 52.2 Å². The van der Waals surface area contributed by atoms with E-state index >= 15 is 4.79 Å². The van der Waals surface area contributed by atoms with Crippen LogP contribution in [0.25, 0.3) is 0 Å². The molecule has 3 aliphatic rings. The zero-order valence-electron chi connectivity index (χ0n) is 31.7. The number of methoxy groups -OCH3 is 1. The Kier molecular flexibility index (Phi) is 10.6.